The molecule has 1 aromatic carbocycles. The number of anilines is 1. The Morgan fingerprint density at radius 3 is 2.74 bits per heavy atom. The highest BCUT2D eigenvalue weighted by atomic mass is 32.2. The molecule has 19 heavy (non-hydrogen) atoms. The molecule has 0 radical (unpaired) electrons. The van der Waals surface area contributed by atoms with Crippen molar-refractivity contribution in [2.75, 3.05) is 12.3 Å². The van der Waals surface area contributed by atoms with Crippen LogP contribution in [0.15, 0.2) is 17.0 Å². The summed E-state index contributed by atoms with van der Waals surface area (Å²) in [6.07, 6.45) is 1.17. The Balaban J connectivity index is 2.16. The maximum absolute atomic E-state index is 13.2. The van der Waals surface area contributed by atoms with E-state index in [1.165, 1.54) is 6.92 Å². The van der Waals surface area contributed by atoms with Gasteiger partial charge in [-0.3, -0.25) is 0 Å². The zero-order valence-corrected chi connectivity index (χ0v) is 11.4. The second-order valence-electron chi connectivity index (χ2n) is 4.90. The maximum Gasteiger partial charge on any atom is 0.240 e. The van der Waals surface area contributed by atoms with Gasteiger partial charge in [0.25, 0.3) is 0 Å². The number of hydrogen-bond acceptors (Lipinski definition) is 4. The number of nitrogens with one attached hydrogen (secondary N) is 1. The van der Waals surface area contributed by atoms with Crippen molar-refractivity contribution in [2.24, 2.45) is 5.92 Å². The minimum Gasteiger partial charge on any atom is -0.396 e. The summed E-state index contributed by atoms with van der Waals surface area (Å²) >= 11 is 0. The maximum atomic E-state index is 13.2. The van der Waals surface area contributed by atoms with Gasteiger partial charge in [-0.2, -0.15) is 0 Å². The van der Waals surface area contributed by atoms with Crippen LogP contribution in [0.25, 0.3) is 0 Å². The predicted octanol–water partition coefficient (Wildman–Crippen LogP) is 0.766. The molecule has 0 heterocycles. The molecule has 4 N–H and O–H groups in total. The largest absolute Gasteiger partial charge is 0.396 e. The van der Waals surface area contributed by atoms with E-state index in [2.05, 4.69) is 4.72 Å². The van der Waals surface area contributed by atoms with Crippen LogP contribution in [0.5, 0.6) is 0 Å². The molecule has 0 aliphatic heterocycles. The number of sulfonamides is 1. The Hall–Kier alpha value is -1.18. The molecule has 7 heteroatoms. The van der Waals surface area contributed by atoms with E-state index in [1.54, 1.807) is 0 Å². The van der Waals surface area contributed by atoms with Crippen LogP contribution in [0.3, 0.4) is 0 Å². The van der Waals surface area contributed by atoms with Gasteiger partial charge in [0.1, 0.15) is 5.82 Å². The first-order chi connectivity index (χ1) is 8.81. The molecule has 1 fully saturated rings. The van der Waals surface area contributed by atoms with Crippen molar-refractivity contribution in [3.8, 4) is 0 Å². The summed E-state index contributed by atoms with van der Waals surface area (Å²) in [7, 11) is -3.79. The van der Waals surface area contributed by atoms with Crippen LogP contribution in [0.4, 0.5) is 10.1 Å². The minimum atomic E-state index is -3.79. The van der Waals surface area contributed by atoms with E-state index in [-0.39, 0.29) is 28.6 Å². The predicted molar refractivity (Wildman–Crippen MR) is 69.5 cm³/mol. The number of benzene rings is 1. The zero-order valence-electron chi connectivity index (χ0n) is 10.6. The molecule has 1 aliphatic rings. The van der Waals surface area contributed by atoms with Gasteiger partial charge in [0.2, 0.25) is 10.0 Å². The second-order valence-corrected chi connectivity index (χ2v) is 6.63. The summed E-state index contributed by atoms with van der Waals surface area (Å²) in [4.78, 5) is -0.0607. The van der Waals surface area contributed by atoms with Crippen molar-refractivity contribution < 1.29 is 17.9 Å². The third kappa shape index (κ3) is 3.23. The lowest BCUT2D eigenvalue weighted by Crippen LogP contribution is -2.33. The average Bonchev–Trinajstić information content (AvgIpc) is 3.14. The van der Waals surface area contributed by atoms with Crippen molar-refractivity contribution in [3.63, 3.8) is 0 Å². The fourth-order valence-electron chi connectivity index (χ4n) is 1.88. The molecule has 0 saturated heterocycles. The van der Waals surface area contributed by atoms with E-state index in [9.17, 15) is 17.9 Å². The summed E-state index contributed by atoms with van der Waals surface area (Å²) in [6.45, 7) is 1.46. The van der Waals surface area contributed by atoms with E-state index in [1.807, 2.05) is 0 Å². The molecule has 0 bridgehead atoms. The fourth-order valence-corrected chi connectivity index (χ4v) is 3.19. The summed E-state index contributed by atoms with van der Waals surface area (Å²) in [5.74, 6) is -0.462. The van der Waals surface area contributed by atoms with Crippen LogP contribution >= 0.6 is 0 Å². The standard InChI is InChI=1S/C12H17FN2O3S/c1-7-4-9(13)10(14)5-12(7)19(17,18)15-6-11(16)8-2-3-8/h4-5,8,11,15-16H,2-3,6,14H2,1H3. The molecule has 2 rings (SSSR count). The van der Waals surface area contributed by atoms with E-state index in [4.69, 9.17) is 5.73 Å². The normalized spacial score (nSPS) is 17.4. The topological polar surface area (TPSA) is 92.4 Å². The molecule has 1 unspecified atom stereocenters. The van der Waals surface area contributed by atoms with Gasteiger partial charge >= 0.3 is 0 Å². The third-order valence-electron chi connectivity index (χ3n) is 3.23. The lowest BCUT2D eigenvalue weighted by atomic mass is 10.2. The number of nitrogens with two attached hydrogens (primary N) is 1. The summed E-state index contributed by atoms with van der Waals surface area (Å²) in [5.41, 5.74) is 5.45. The molecule has 1 aliphatic carbocycles. The van der Waals surface area contributed by atoms with Gasteiger partial charge in [-0.15, -0.1) is 0 Å². The first-order valence-corrected chi connectivity index (χ1v) is 7.53. The molecule has 1 saturated carbocycles. The van der Waals surface area contributed by atoms with Crippen LogP contribution in [0.1, 0.15) is 18.4 Å². The van der Waals surface area contributed by atoms with Crippen molar-refractivity contribution >= 4 is 15.7 Å². The van der Waals surface area contributed by atoms with Gasteiger partial charge < -0.3 is 10.8 Å². The Bertz CT molecular complexity index is 585. The van der Waals surface area contributed by atoms with E-state index in [0.717, 1.165) is 25.0 Å². The van der Waals surface area contributed by atoms with Crippen LogP contribution in [-0.4, -0.2) is 26.2 Å². The first kappa shape index (κ1) is 14.2. The number of rotatable bonds is 5. The summed E-state index contributed by atoms with van der Waals surface area (Å²) in [5, 5.41) is 9.66. The van der Waals surface area contributed by atoms with Crippen molar-refractivity contribution in [3.05, 3.63) is 23.5 Å². The van der Waals surface area contributed by atoms with E-state index in [0.29, 0.717) is 0 Å². The summed E-state index contributed by atoms with van der Waals surface area (Å²) in [6, 6.07) is 2.18. The number of nitrogen functional groups attached to an aromatic ring is 1. The molecule has 1 aromatic rings. The van der Waals surface area contributed by atoms with E-state index < -0.39 is 21.9 Å². The quantitative estimate of drug-likeness (QED) is 0.698. The Morgan fingerprint density at radius 2 is 2.16 bits per heavy atom. The number of aliphatic hydroxyl groups is 1. The molecule has 0 aromatic heterocycles. The van der Waals surface area contributed by atoms with Gasteiger partial charge in [0, 0.05) is 6.54 Å². The number of aliphatic hydroxyl groups excluding tert-OH is 1. The third-order valence-corrected chi connectivity index (χ3v) is 4.80. The molecular weight excluding hydrogens is 271 g/mol. The van der Waals surface area contributed by atoms with Crippen molar-refractivity contribution in [1.29, 1.82) is 0 Å². The van der Waals surface area contributed by atoms with Gasteiger partial charge in [-0.1, -0.05) is 0 Å². The van der Waals surface area contributed by atoms with Crippen molar-refractivity contribution in [2.45, 2.75) is 30.8 Å². The highest BCUT2D eigenvalue weighted by Crippen LogP contribution is 2.32. The van der Waals surface area contributed by atoms with Crippen LogP contribution in [0.2, 0.25) is 0 Å². The molecular formula is C12H17FN2O3S. The highest BCUT2D eigenvalue weighted by molar-refractivity contribution is 7.89. The van der Waals surface area contributed by atoms with Gasteiger partial charge in [0.15, 0.2) is 0 Å². The lowest BCUT2D eigenvalue weighted by molar-refractivity contribution is 0.155. The van der Waals surface area contributed by atoms with Gasteiger partial charge in [0.05, 0.1) is 16.7 Å². The zero-order chi connectivity index (χ0) is 14.2. The Labute approximate surface area is 111 Å². The molecule has 106 valence electrons. The summed E-state index contributed by atoms with van der Waals surface area (Å²) < 4.78 is 39.7. The molecule has 5 nitrogen and oxygen atoms in total. The smallest absolute Gasteiger partial charge is 0.240 e. The lowest BCUT2D eigenvalue weighted by Gasteiger charge is -2.13. The van der Waals surface area contributed by atoms with E-state index >= 15 is 0 Å². The molecule has 1 atom stereocenters. The first-order valence-electron chi connectivity index (χ1n) is 6.04. The molecule has 0 spiro atoms. The number of halogens is 1. The fraction of sp³-hybridized carbons (Fsp3) is 0.500. The monoisotopic (exact) mass is 288 g/mol. The molecule has 0 amide bonds. The Morgan fingerprint density at radius 1 is 1.53 bits per heavy atom. The highest BCUT2D eigenvalue weighted by Gasteiger charge is 2.30. The SMILES string of the molecule is Cc1cc(F)c(N)cc1S(=O)(=O)NCC(O)C1CC1. The Kier molecular flexibility index (Phi) is 3.80. The van der Waals surface area contributed by atoms with Gasteiger partial charge in [-0.05, 0) is 43.4 Å². The number of aryl methyl sites for hydroxylation is 1. The second kappa shape index (κ2) is 5.07. The minimum absolute atomic E-state index is 0.0380. The van der Waals surface area contributed by atoms with Crippen molar-refractivity contribution in [1.82, 2.24) is 4.72 Å². The van der Waals surface area contributed by atoms with Crippen LogP contribution in [0, 0.1) is 18.7 Å². The van der Waals surface area contributed by atoms with Gasteiger partial charge in [-0.25, -0.2) is 17.5 Å². The average molecular weight is 288 g/mol. The van der Waals surface area contributed by atoms with Crippen LogP contribution in [-0.2, 0) is 10.0 Å². The van der Waals surface area contributed by atoms with Crippen LogP contribution < -0.4 is 10.5 Å². The number of hydrogen-bond donors (Lipinski definition) is 3.